The smallest absolute Gasteiger partial charge is 0.326 e. The summed E-state index contributed by atoms with van der Waals surface area (Å²) in [5, 5.41) is 2.34. The Kier molecular flexibility index (Phi) is 5.52. The fourth-order valence-corrected chi connectivity index (χ4v) is 3.63. The number of sulfonamides is 1. The van der Waals surface area contributed by atoms with Crippen molar-refractivity contribution in [2.75, 3.05) is 16.7 Å². The Hall–Kier alpha value is -2.26. The summed E-state index contributed by atoms with van der Waals surface area (Å²) in [5.41, 5.74) is -0.927. The van der Waals surface area contributed by atoms with Crippen molar-refractivity contribution in [3.8, 4) is 0 Å². The largest absolute Gasteiger partial charge is 0.416 e. The van der Waals surface area contributed by atoms with Gasteiger partial charge in [-0.2, -0.15) is 13.2 Å². The van der Waals surface area contributed by atoms with Crippen LogP contribution in [0.15, 0.2) is 47.4 Å². The molecule has 0 saturated carbocycles. The monoisotopic (exact) mass is 406 g/mol. The van der Waals surface area contributed by atoms with Crippen LogP contribution in [0, 0.1) is 0 Å². The molecule has 140 valence electrons. The molecule has 0 aliphatic rings. The molecule has 0 atom stereocenters. The highest BCUT2D eigenvalue weighted by Crippen LogP contribution is 2.36. The molecule has 0 saturated heterocycles. The molecule has 10 heteroatoms. The van der Waals surface area contributed by atoms with Crippen molar-refractivity contribution in [3.05, 3.63) is 53.1 Å². The van der Waals surface area contributed by atoms with E-state index in [1.165, 1.54) is 31.2 Å². The zero-order valence-electron chi connectivity index (χ0n) is 13.6. The van der Waals surface area contributed by atoms with E-state index in [2.05, 4.69) is 5.32 Å². The number of anilines is 2. The van der Waals surface area contributed by atoms with Gasteiger partial charge in [-0.3, -0.25) is 9.10 Å². The molecule has 2 aromatic carbocycles. The molecule has 2 rings (SSSR count). The van der Waals surface area contributed by atoms with Crippen LogP contribution in [0.3, 0.4) is 0 Å². The van der Waals surface area contributed by atoms with Crippen molar-refractivity contribution in [1.82, 2.24) is 0 Å². The SMILES string of the molecule is CC(=O)Nc1ccc(S(=O)(=O)N(C)c2cc(C(F)(F)F)ccc2Cl)cc1. The van der Waals surface area contributed by atoms with Gasteiger partial charge in [-0.05, 0) is 42.5 Å². The standard InChI is InChI=1S/C16H14ClF3N2O3S/c1-10(23)21-12-4-6-13(7-5-12)26(24,25)22(2)15-9-11(16(18,19)20)3-8-14(15)17/h3-9H,1-2H3,(H,21,23). The first-order chi connectivity index (χ1) is 11.9. The zero-order chi connectivity index (χ0) is 19.7. The average Bonchev–Trinajstić information content (AvgIpc) is 2.53. The highest BCUT2D eigenvalue weighted by atomic mass is 35.5. The molecule has 1 N–H and O–H groups in total. The van der Waals surface area contributed by atoms with E-state index in [1.807, 2.05) is 0 Å². The number of carbonyl (C=O) groups is 1. The lowest BCUT2D eigenvalue weighted by atomic mass is 10.2. The first-order valence-electron chi connectivity index (χ1n) is 7.16. The van der Waals surface area contributed by atoms with E-state index in [1.54, 1.807) is 0 Å². The van der Waals surface area contributed by atoms with Crippen molar-refractivity contribution in [2.24, 2.45) is 0 Å². The van der Waals surface area contributed by atoms with Gasteiger partial charge in [0.25, 0.3) is 10.0 Å². The Morgan fingerprint density at radius 3 is 2.19 bits per heavy atom. The minimum Gasteiger partial charge on any atom is -0.326 e. The van der Waals surface area contributed by atoms with Crippen LogP contribution in [0.1, 0.15) is 12.5 Å². The van der Waals surface area contributed by atoms with Gasteiger partial charge in [0.2, 0.25) is 5.91 Å². The Morgan fingerprint density at radius 1 is 1.12 bits per heavy atom. The maximum absolute atomic E-state index is 12.9. The summed E-state index contributed by atoms with van der Waals surface area (Å²) in [5.74, 6) is -0.325. The number of nitrogens with one attached hydrogen (secondary N) is 1. The Balaban J connectivity index is 2.42. The fourth-order valence-electron chi connectivity index (χ4n) is 2.13. The molecule has 5 nitrogen and oxygen atoms in total. The lowest BCUT2D eigenvalue weighted by Crippen LogP contribution is -2.27. The predicted molar refractivity (Wildman–Crippen MR) is 92.8 cm³/mol. The number of carbonyl (C=O) groups excluding carboxylic acids is 1. The highest BCUT2D eigenvalue weighted by Gasteiger charge is 2.32. The topological polar surface area (TPSA) is 66.5 Å². The van der Waals surface area contributed by atoms with Gasteiger partial charge in [-0.25, -0.2) is 8.42 Å². The molecule has 2 aromatic rings. The van der Waals surface area contributed by atoms with E-state index in [0.29, 0.717) is 16.1 Å². The molecule has 0 spiro atoms. The van der Waals surface area contributed by atoms with Crippen LogP contribution >= 0.6 is 11.6 Å². The maximum Gasteiger partial charge on any atom is 0.416 e. The first-order valence-corrected chi connectivity index (χ1v) is 8.98. The summed E-state index contributed by atoms with van der Waals surface area (Å²) in [7, 11) is -3.04. The van der Waals surface area contributed by atoms with Crippen molar-refractivity contribution in [1.29, 1.82) is 0 Å². The highest BCUT2D eigenvalue weighted by molar-refractivity contribution is 7.92. The van der Waals surface area contributed by atoms with Gasteiger partial charge >= 0.3 is 6.18 Å². The molecule has 0 aliphatic carbocycles. The molecule has 0 fully saturated rings. The quantitative estimate of drug-likeness (QED) is 0.829. The van der Waals surface area contributed by atoms with Gasteiger partial charge in [-0.1, -0.05) is 11.6 Å². The zero-order valence-corrected chi connectivity index (χ0v) is 15.2. The van der Waals surface area contributed by atoms with Gasteiger partial charge < -0.3 is 5.32 Å². The van der Waals surface area contributed by atoms with Crippen LogP contribution in [0.25, 0.3) is 0 Å². The van der Waals surface area contributed by atoms with E-state index in [9.17, 15) is 26.4 Å². The van der Waals surface area contributed by atoms with Crippen molar-refractivity contribution in [2.45, 2.75) is 18.0 Å². The van der Waals surface area contributed by atoms with Crippen LogP contribution in [-0.4, -0.2) is 21.4 Å². The lowest BCUT2D eigenvalue weighted by molar-refractivity contribution is -0.137. The van der Waals surface area contributed by atoms with E-state index in [-0.39, 0.29) is 21.5 Å². The second-order valence-electron chi connectivity index (χ2n) is 5.34. The van der Waals surface area contributed by atoms with E-state index < -0.39 is 21.8 Å². The van der Waals surface area contributed by atoms with Crippen molar-refractivity contribution < 1.29 is 26.4 Å². The molecule has 0 aliphatic heterocycles. The molecule has 0 heterocycles. The van der Waals surface area contributed by atoms with Crippen LogP contribution < -0.4 is 9.62 Å². The minimum atomic E-state index is -4.63. The van der Waals surface area contributed by atoms with Crippen LogP contribution in [0.4, 0.5) is 24.5 Å². The van der Waals surface area contributed by atoms with Gasteiger partial charge in [0.1, 0.15) is 0 Å². The van der Waals surface area contributed by atoms with Gasteiger partial charge in [-0.15, -0.1) is 0 Å². The van der Waals surface area contributed by atoms with Crippen molar-refractivity contribution >= 4 is 38.9 Å². The van der Waals surface area contributed by atoms with Crippen LogP contribution in [0.5, 0.6) is 0 Å². The third-order valence-corrected chi connectivity index (χ3v) is 5.55. The van der Waals surface area contributed by atoms with Gasteiger partial charge in [0.05, 0.1) is 21.2 Å². The number of alkyl halides is 3. The summed E-state index contributed by atoms with van der Waals surface area (Å²) in [6.07, 6.45) is -4.63. The normalized spacial score (nSPS) is 11.9. The second kappa shape index (κ2) is 7.16. The molecule has 0 aromatic heterocycles. The molecular formula is C16H14ClF3N2O3S. The summed E-state index contributed by atoms with van der Waals surface area (Å²) in [6, 6.07) is 7.65. The molecule has 0 unspecified atom stereocenters. The fraction of sp³-hybridized carbons (Fsp3) is 0.188. The Bertz CT molecular complexity index is 929. The summed E-state index contributed by atoms with van der Waals surface area (Å²) in [6.45, 7) is 1.30. The van der Waals surface area contributed by atoms with E-state index in [0.717, 1.165) is 19.2 Å². The molecule has 0 radical (unpaired) electrons. The molecule has 1 amide bonds. The number of benzene rings is 2. The van der Waals surface area contributed by atoms with Crippen LogP contribution in [-0.2, 0) is 21.0 Å². The Labute approximate surface area is 153 Å². The molecular weight excluding hydrogens is 393 g/mol. The van der Waals surface area contributed by atoms with Gasteiger partial charge in [0.15, 0.2) is 0 Å². The number of hydrogen-bond acceptors (Lipinski definition) is 3. The lowest BCUT2D eigenvalue weighted by Gasteiger charge is -2.22. The first kappa shape index (κ1) is 20.1. The van der Waals surface area contributed by atoms with Crippen molar-refractivity contribution in [3.63, 3.8) is 0 Å². The van der Waals surface area contributed by atoms with E-state index in [4.69, 9.17) is 11.6 Å². The number of amides is 1. The second-order valence-corrected chi connectivity index (χ2v) is 7.72. The summed E-state index contributed by atoms with van der Waals surface area (Å²) < 4.78 is 64.7. The number of rotatable bonds is 4. The number of halogens is 4. The van der Waals surface area contributed by atoms with Crippen LogP contribution in [0.2, 0.25) is 5.02 Å². The maximum atomic E-state index is 12.9. The third-order valence-electron chi connectivity index (χ3n) is 3.45. The summed E-state index contributed by atoms with van der Waals surface area (Å²) in [4.78, 5) is 10.8. The van der Waals surface area contributed by atoms with E-state index >= 15 is 0 Å². The third kappa shape index (κ3) is 4.28. The number of nitrogens with zero attached hydrogens (tertiary/aromatic N) is 1. The summed E-state index contributed by atoms with van der Waals surface area (Å²) >= 11 is 5.90. The Morgan fingerprint density at radius 2 is 1.69 bits per heavy atom. The molecule has 0 bridgehead atoms. The average molecular weight is 407 g/mol. The number of hydrogen-bond donors (Lipinski definition) is 1. The predicted octanol–water partition coefficient (Wildman–Crippen LogP) is 4.14. The van der Waals surface area contributed by atoms with Gasteiger partial charge in [0, 0.05) is 19.7 Å². The minimum absolute atomic E-state index is 0.140. The molecule has 26 heavy (non-hydrogen) atoms.